The van der Waals surface area contributed by atoms with Crippen LogP contribution in [-0.2, 0) is 11.2 Å². The molecule has 132 valence electrons. The lowest BCUT2D eigenvalue weighted by atomic mass is 9.73. The molecular weight excluding hydrogens is 308 g/mol. The van der Waals surface area contributed by atoms with Crippen LogP contribution in [0.3, 0.4) is 0 Å². The van der Waals surface area contributed by atoms with E-state index in [1.165, 1.54) is 30.4 Å². The van der Waals surface area contributed by atoms with E-state index in [-0.39, 0.29) is 11.8 Å². The summed E-state index contributed by atoms with van der Waals surface area (Å²) in [5.74, 6) is 5.65. The molecule has 0 unspecified atom stereocenters. The lowest BCUT2D eigenvalue weighted by molar-refractivity contribution is -0.137. The van der Waals surface area contributed by atoms with E-state index >= 15 is 0 Å². The fraction of sp³-hybridized carbons (Fsp3) is 0.435. The zero-order chi connectivity index (χ0) is 18.3. The molecule has 0 fully saturated rings. The summed E-state index contributed by atoms with van der Waals surface area (Å²) in [4.78, 5) is 10.7. The predicted molar refractivity (Wildman–Crippen MR) is 103 cm³/mol. The topological polar surface area (TPSA) is 37.3 Å². The highest BCUT2D eigenvalue weighted by atomic mass is 16.4. The van der Waals surface area contributed by atoms with Gasteiger partial charge in [-0.3, -0.25) is 4.79 Å². The molecule has 2 rings (SSSR count). The minimum absolute atomic E-state index is 0.199. The van der Waals surface area contributed by atoms with Crippen molar-refractivity contribution in [1.29, 1.82) is 0 Å². The highest BCUT2D eigenvalue weighted by molar-refractivity contribution is 5.66. The quantitative estimate of drug-likeness (QED) is 0.718. The molecule has 1 aliphatic rings. The molecule has 0 radical (unpaired) electrons. The summed E-state index contributed by atoms with van der Waals surface area (Å²) in [6, 6.07) is 8.00. The molecule has 1 aromatic carbocycles. The van der Waals surface area contributed by atoms with E-state index in [0.717, 1.165) is 17.5 Å². The number of benzene rings is 1. The summed E-state index contributed by atoms with van der Waals surface area (Å²) < 4.78 is 0. The molecule has 2 heteroatoms. The Hall–Kier alpha value is -2.27. The Morgan fingerprint density at radius 1 is 1.32 bits per heavy atom. The van der Waals surface area contributed by atoms with Crippen molar-refractivity contribution in [3.05, 3.63) is 58.7 Å². The second-order valence-corrected chi connectivity index (χ2v) is 7.44. The molecule has 0 aromatic heterocycles. The molecule has 1 N–H and O–H groups in total. The Kier molecular flexibility index (Phi) is 6.65. The largest absolute Gasteiger partial charge is 0.481 e. The summed E-state index contributed by atoms with van der Waals surface area (Å²) in [5.41, 5.74) is 5.24. The van der Waals surface area contributed by atoms with Crippen molar-refractivity contribution in [2.75, 3.05) is 0 Å². The molecule has 0 spiro atoms. The molecule has 25 heavy (non-hydrogen) atoms. The van der Waals surface area contributed by atoms with Gasteiger partial charge < -0.3 is 5.11 Å². The van der Waals surface area contributed by atoms with E-state index < -0.39 is 5.97 Å². The van der Waals surface area contributed by atoms with Crippen LogP contribution in [0.5, 0.6) is 0 Å². The van der Waals surface area contributed by atoms with Gasteiger partial charge in [0.05, 0.1) is 0 Å². The molecule has 0 heterocycles. The molecule has 2 nitrogen and oxygen atoms in total. The van der Waals surface area contributed by atoms with Gasteiger partial charge in [0.15, 0.2) is 0 Å². The third-order valence-corrected chi connectivity index (χ3v) is 4.94. The first-order chi connectivity index (χ1) is 11.9. The molecular formula is C23H28O2. The van der Waals surface area contributed by atoms with Crippen LogP contribution in [0.4, 0.5) is 0 Å². The van der Waals surface area contributed by atoms with Crippen molar-refractivity contribution in [3.8, 4) is 11.8 Å². The highest BCUT2D eigenvalue weighted by Gasteiger charge is 2.26. The maximum atomic E-state index is 10.7. The van der Waals surface area contributed by atoms with E-state index in [1.807, 2.05) is 30.3 Å². The van der Waals surface area contributed by atoms with Crippen LogP contribution in [0.2, 0.25) is 0 Å². The number of aryl methyl sites for hydroxylation is 1. The van der Waals surface area contributed by atoms with Crippen molar-refractivity contribution < 1.29 is 9.90 Å². The molecule has 1 aliphatic carbocycles. The fourth-order valence-corrected chi connectivity index (χ4v) is 3.55. The van der Waals surface area contributed by atoms with Crippen molar-refractivity contribution in [2.45, 2.75) is 59.3 Å². The molecule has 0 atom stereocenters. The maximum absolute atomic E-state index is 10.7. The van der Waals surface area contributed by atoms with Gasteiger partial charge in [-0.15, -0.1) is 0 Å². The van der Waals surface area contributed by atoms with Gasteiger partial charge in [0.25, 0.3) is 0 Å². The first kappa shape index (κ1) is 19.1. The van der Waals surface area contributed by atoms with Crippen molar-refractivity contribution in [3.63, 3.8) is 0 Å². The standard InChI is InChI=1S/C23H28O2/c1-18-10-9-17-23(2,3)21(18)15-7-6-13-19-11-4-5-12-20(19)14-8-16-22(24)25/h4-5,7,11-12,15H,8-10,14,16-17H2,1-3H3,(H,24,25). The Balaban J connectivity index is 2.10. The van der Waals surface area contributed by atoms with Crippen LogP contribution in [0.25, 0.3) is 0 Å². The lowest BCUT2D eigenvalue weighted by Gasteiger charge is -2.32. The van der Waals surface area contributed by atoms with Crippen molar-refractivity contribution >= 4 is 5.97 Å². The molecule has 0 saturated carbocycles. The maximum Gasteiger partial charge on any atom is 0.303 e. The zero-order valence-electron chi connectivity index (χ0n) is 15.6. The summed E-state index contributed by atoms with van der Waals surface area (Å²) in [5, 5.41) is 8.78. The van der Waals surface area contributed by atoms with E-state index in [2.05, 4.69) is 38.7 Å². The van der Waals surface area contributed by atoms with Crippen LogP contribution in [-0.4, -0.2) is 11.1 Å². The predicted octanol–water partition coefficient (Wildman–Crippen LogP) is 5.53. The van der Waals surface area contributed by atoms with E-state index in [0.29, 0.717) is 6.42 Å². The van der Waals surface area contributed by atoms with Gasteiger partial charge in [0.2, 0.25) is 0 Å². The Labute approximate surface area is 151 Å². The normalized spacial score (nSPS) is 16.6. The molecule has 0 amide bonds. The van der Waals surface area contributed by atoms with Crippen LogP contribution in [0, 0.1) is 17.3 Å². The number of carboxylic acid groups (broad SMARTS) is 1. The van der Waals surface area contributed by atoms with Gasteiger partial charge >= 0.3 is 5.97 Å². The van der Waals surface area contributed by atoms with Gasteiger partial charge in [0, 0.05) is 12.0 Å². The van der Waals surface area contributed by atoms with Crippen molar-refractivity contribution in [2.24, 2.45) is 5.41 Å². The lowest BCUT2D eigenvalue weighted by Crippen LogP contribution is -2.18. The smallest absolute Gasteiger partial charge is 0.303 e. The number of hydrogen-bond acceptors (Lipinski definition) is 1. The summed E-state index contributed by atoms with van der Waals surface area (Å²) in [6.07, 6.45) is 9.40. The van der Waals surface area contributed by atoms with Gasteiger partial charge in [-0.05, 0) is 67.7 Å². The SMILES string of the molecule is CC1=C(C=CC#Cc2ccccc2CCCC(=O)O)C(C)(C)CCC1. The van der Waals surface area contributed by atoms with Gasteiger partial charge in [-0.1, -0.05) is 55.5 Å². The minimum atomic E-state index is -0.745. The third kappa shape index (κ3) is 5.64. The fourth-order valence-electron chi connectivity index (χ4n) is 3.55. The molecule has 0 aliphatic heterocycles. The molecule has 0 saturated heterocycles. The Morgan fingerprint density at radius 2 is 2.08 bits per heavy atom. The number of carboxylic acids is 1. The van der Waals surface area contributed by atoms with Crippen LogP contribution < -0.4 is 0 Å². The average molecular weight is 336 g/mol. The number of allylic oxidation sites excluding steroid dienone is 4. The Bertz CT molecular complexity index is 739. The van der Waals surface area contributed by atoms with Crippen LogP contribution >= 0.6 is 0 Å². The zero-order valence-corrected chi connectivity index (χ0v) is 15.6. The van der Waals surface area contributed by atoms with E-state index in [1.54, 1.807) is 0 Å². The second kappa shape index (κ2) is 8.72. The van der Waals surface area contributed by atoms with Gasteiger partial charge in [0.1, 0.15) is 0 Å². The summed E-state index contributed by atoms with van der Waals surface area (Å²) >= 11 is 0. The first-order valence-corrected chi connectivity index (χ1v) is 9.08. The van der Waals surface area contributed by atoms with E-state index in [9.17, 15) is 4.79 Å². The number of aliphatic carboxylic acids is 1. The number of carbonyl (C=O) groups is 1. The summed E-state index contributed by atoms with van der Waals surface area (Å²) in [6.45, 7) is 6.84. The highest BCUT2D eigenvalue weighted by Crippen LogP contribution is 2.40. The summed E-state index contributed by atoms with van der Waals surface area (Å²) in [7, 11) is 0. The van der Waals surface area contributed by atoms with Crippen LogP contribution in [0.15, 0.2) is 47.6 Å². The monoisotopic (exact) mass is 336 g/mol. The first-order valence-electron chi connectivity index (χ1n) is 9.08. The van der Waals surface area contributed by atoms with Crippen molar-refractivity contribution in [1.82, 2.24) is 0 Å². The number of rotatable bonds is 5. The third-order valence-electron chi connectivity index (χ3n) is 4.94. The average Bonchev–Trinajstić information content (AvgIpc) is 2.54. The van der Waals surface area contributed by atoms with E-state index in [4.69, 9.17) is 5.11 Å². The molecule has 1 aromatic rings. The number of hydrogen-bond donors (Lipinski definition) is 1. The van der Waals surface area contributed by atoms with Gasteiger partial charge in [-0.25, -0.2) is 0 Å². The minimum Gasteiger partial charge on any atom is -0.481 e. The van der Waals surface area contributed by atoms with Crippen LogP contribution in [0.1, 0.15) is 64.0 Å². The second-order valence-electron chi connectivity index (χ2n) is 7.44. The Morgan fingerprint density at radius 3 is 2.80 bits per heavy atom. The van der Waals surface area contributed by atoms with Gasteiger partial charge in [-0.2, -0.15) is 0 Å². The molecule has 0 bridgehead atoms.